The highest BCUT2D eigenvalue weighted by Gasteiger charge is 2.18. The predicted octanol–water partition coefficient (Wildman–Crippen LogP) is 2.70. The molecule has 1 atom stereocenters. The maximum absolute atomic E-state index is 12.8. The number of aromatic nitrogens is 1. The summed E-state index contributed by atoms with van der Waals surface area (Å²) in [4.78, 5) is 40.2. The zero-order chi connectivity index (χ0) is 21.0. The van der Waals surface area contributed by atoms with E-state index in [1.54, 1.807) is 36.4 Å². The van der Waals surface area contributed by atoms with Crippen LogP contribution in [0.25, 0.3) is 22.2 Å². The monoisotopic (exact) mass is 411 g/mol. The summed E-state index contributed by atoms with van der Waals surface area (Å²) in [6, 6.07) is 15.9. The van der Waals surface area contributed by atoms with Crippen LogP contribution in [0.1, 0.15) is 17.3 Å². The van der Waals surface area contributed by atoms with Crippen molar-refractivity contribution in [2.45, 2.75) is 13.0 Å². The van der Waals surface area contributed by atoms with Gasteiger partial charge in [-0.2, -0.15) is 0 Å². The molecule has 0 aliphatic heterocycles. The molecule has 1 aromatic heterocycles. The highest BCUT2D eigenvalue weighted by Crippen LogP contribution is 2.25. The van der Waals surface area contributed by atoms with Gasteiger partial charge in [-0.1, -0.05) is 41.9 Å². The summed E-state index contributed by atoms with van der Waals surface area (Å²) in [7, 11) is 0. The number of carbonyl (C=O) groups is 3. The van der Waals surface area contributed by atoms with Gasteiger partial charge in [-0.05, 0) is 31.2 Å². The molecule has 0 aliphatic rings. The number of nitrogens with one attached hydrogen (secondary N) is 1. The summed E-state index contributed by atoms with van der Waals surface area (Å²) < 4.78 is 4.84. The van der Waals surface area contributed by atoms with Crippen LogP contribution in [0.2, 0.25) is 5.02 Å². The van der Waals surface area contributed by atoms with E-state index in [0.717, 1.165) is 5.56 Å². The number of primary amides is 1. The van der Waals surface area contributed by atoms with Crippen molar-refractivity contribution >= 4 is 40.3 Å². The second-order valence-corrected chi connectivity index (χ2v) is 6.73. The van der Waals surface area contributed by atoms with Gasteiger partial charge in [-0.15, -0.1) is 0 Å². The predicted molar refractivity (Wildman–Crippen MR) is 109 cm³/mol. The number of halogens is 1. The Balaban J connectivity index is 1.87. The van der Waals surface area contributed by atoms with Gasteiger partial charge in [0.2, 0.25) is 0 Å². The minimum atomic E-state index is -1.07. The third kappa shape index (κ3) is 4.89. The van der Waals surface area contributed by atoms with Gasteiger partial charge in [0.05, 0.1) is 16.8 Å². The Kier molecular flexibility index (Phi) is 6.09. The Morgan fingerprint density at radius 1 is 1.14 bits per heavy atom. The molecule has 0 saturated heterocycles. The number of esters is 1. The summed E-state index contributed by atoms with van der Waals surface area (Å²) in [5, 5.41) is 3.74. The fourth-order valence-corrected chi connectivity index (χ4v) is 2.80. The van der Waals surface area contributed by atoms with Crippen LogP contribution in [0.4, 0.5) is 0 Å². The lowest BCUT2D eigenvalue weighted by molar-refractivity contribution is -0.152. The average molecular weight is 412 g/mol. The van der Waals surface area contributed by atoms with Crippen molar-refractivity contribution in [3.8, 4) is 11.3 Å². The Labute approximate surface area is 171 Å². The SMILES string of the molecule is C[C@H](OC(=O)CNC(=O)c1cc(-c2ccc(Cl)cc2)nc2ccccc12)C(N)=O. The number of nitrogens with zero attached hydrogens (tertiary/aromatic N) is 1. The van der Waals surface area contributed by atoms with Gasteiger partial charge in [0.25, 0.3) is 11.8 Å². The molecular formula is C21H18ClN3O4. The van der Waals surface area contributed by atoms with E-state index in [2.05, 4.69) is 10.3 Å². The van der Waals surface area contributed by atoms with Gasteiger partial charge >= 0.3 is 5.97 Å². The molecule has 8 heteroatoms. The molecule has 0 spiro atoms. The van der Waals surface area contributed by atoms with Gasteiger partial charge in [-0.25, -0.2) is 4.98 Å². The van der Waals surface area contributed by atoms with E-state index < -0.39 is 30.4 Å². The molecule has 0 saturated carbocycles. The lowest BCUT2D eigenvalue weighted by Gasteiger charge is -2.12. The van der Waals surface area contributed by atoms with Gasteiger partial charge < -0.3 is 15.8 Å². The Hall–Kier alpha value is -3.45. The topological polar surface area (TPSA) is 111 Å². The summed E-state index contributed by atoms with van der Waals surface area (Å²) in [6.07, 6.45) is -1.07. The first-order valence-electron chi connectivity index (χ1n) is 8.78. The van der Waals surface area contributed by atoms with Crippen LogP contribution in [-0.4, -0.2) is 35.4 Å². The minimum absolute atomic E-state index is 0.358. The normalized spacial score (nSPS) is 11.7. The van der Waals surface area contributed by atoms with Crippen molar-refractivity contribution in [1.29, 1.82) is 0 Å². The van der Waals surface area contributed by atoms with Crippen LogP contribution in [0.3, 0.4) is 0 Å². The molecular weight excluding hydrogens is 394 g/mol. The number of pyridine rings is 1. The number of rotatable bonds is 6. The first-order chi connectivity index (χ1) is 13.8. The van der Waals surface area contributed by atoms with Crippen LogP contribution < -0.4 is 11.1 Å². The average Bonchev–Trinajstić information content (AvgIpc) is 2.71. The molecule has 7 nitrogen and oxygen atoms in total. The lowest BCUT2D eigenvalue weighted by Crippen LogP contribution is -2.36. The van der Waals surface area contributed by atoms with Crippen molar-refractivity contribution in [2.24, 2.45) is 5.73 Å². The summed E-state index contributed by atoms with van der Waals surface area (Å²) in [5.74, 6) is -2.00. The number of benzene rings is 2. The second kappa shape index (κ2) is 8.70. The number of ether oxygens (including phenoxy) is 1. The number of nitrogens with two attached hydrogens (primary N) is 1. The first kappa shape index (κ1) is 20.3. The van der Waals surface area contributed by atoms with E-state index in [-0.39, 0.29) is 0 Å². The highest BCUT2D eigenvalue weighted by atomic mass is 35.5. The van der Waals surface area contributed by atoms with Gasteiger partial charge in [0.15, 0.2) is 6.10 Å². The molecule has 0 unspecified atom stereocenters. The number of fused-ring (bicyclic) bond motifs is 1. The van der Waals surface area contributed by atoms with E-state index in [4.69, 9.17) is 22.1 Å². The maximum atomic E-state index is 12.8. The molecule has 3 N–H and O–H groups in total. The zero-order valence-corrected chi connectivity index (χ0v) is 16.3. The zero-order valence-electron chi connectivity index (χ0n) is 15.5. The lowest BCUT2D eigenvalue weighted by atomic mass is 10.0. The molecule has 0 fully saturated rings. The second-order valence-electron chi connectivity index (χ2n) is 6.30. The Morgan fingerprint density at radius 3 is 2.52 bits per heavy atom. The van der Waals surface area contributed by atoms with Gasteiger partial charge in [0.1, 0.15) is 6.54 Å². The van der Waals surface area contributed by atoms with E-state index in [9.17, 15) is 14.4 Å². The smallest absolute Gasteiger partial charge is 0.326 e. The van der Waals surface area contributed by atoms with Crippen LogP contribution in [-0.2, 0) is 14.3 Å². The van der Waals surface area contributed by atoms with Crippen molar-refractivity contribution in [1.82, 2.24) is 10.3 Å². The largest absolute Gasteiger partial charge is 0.451 e. The van der Waals surface area contributed by atoms with Crippen molar-refractivity contribution in [3.63, 3.8) is 0 Å². The number of amides is 2. The van der Waals surface area contributed by atoms with Crippen molar-refractivity contribution in [3.05, 3.63) is 65.2 Å². The highest BCUT2D eigenvalue weighted by molar-refractivity contribution is 6.30. The van der Waals surface area contributed by atoms with Crippen LogP contribution in [0, 0.1) is 0 Å². The van der Waals surface area contributed by atoms with Gasteiger partial charge in [-0.3, -0.25) is 14.4 Å². The van der Waals surface area contributed by atoms with E-state index in [1.165, 1.54) is 6.92 Å². The molecule has 2 amide bonds. The van der Waals surface area contributed by atoms with E-state index in [0.29, 0.717) is 27.2 Å². The fourth-order valence-electron chi connectivity index (χ4n) is 2.68. The number of para-hydroxylation sites is 1. The third-order valence-corrected chi connectivity index (χ3v) is 4.45. The fraction of sp³-hybridized carbons (Fsp3) is 0.143. The number of carbonyl (C=O) groups excluding carboxylic acids is 3. The summed E-state index contributed by atoms with van der Waals surface area (Å²) >= 11 is 5.95. The molecule has 0 radical (unpaired) electrons. The molecule has 1 heterocycles. The molecule has 0 bridgehead atoms. The first-order valence-corrected chi connectivity index (χ1v) is 9.15. The Morgan fingerprint density at radius 2 is 1.83 bits per heavy atom. The van der Waals surface area contributed by atoms with E-state index in [1.807, 2.05) is 18.2 Å². The van der Waals surface area contributed by atoms with Crippen molar-refractivity contribution < 1.29 is 19.1 Å². The molecule has 3 aromatic rings. The van der Waals surface area contributed by atoms with Gasteiger partial charge in [0, 0.05) is 16.0 Å². The third-order valence-electron chi connectivity index (χ3n) is 4.20. The summed E-state index contributed by atoms with van der Waals surface area (Å²) in [6.45, 7) is 0.959. The van der Waals surface area contributed by atoms with Crippen LogP contribution >= 0.6 is 11.6 Å². The molecule has 2 aromatic carbocycles. The Bertz CT molecular complexity index is 1080. The van der Waals surface area contributed by atoms with Crippen LogP contribution in [0.15, 0.2) is 54.6 Å². The standard InChI is InChI=1S/C21H18ClN3O4/c1-12(20(23)27)29-19(26)11-24-21(28)16-10-18(13-6-8-14(22)9-7-13)25-17-5-3-2-4-15(16)17/h2-10,12H,11H2,1H3,(H2,23,27)(H,24,28)/t12-/m0/s1. The summed E-state index contributed by atoms with van der Waals surface area (Å²) in [5.41, 5.74) is 7.44. The van der Waals surface area contributed by atoms with Crippen LogP contribution in [0.5, 0.6) is 0 Å². The number of hydrogen-bond donors (Lipinski definition) is 2. The number of hydrogen-bond acceptors (Lipinski definition) is 5. The van der Waals surface area contributed by atoms with Crippen molar-refractivity contribution in [2.75, 3.05) is 6.54 Å². The molecule has 148 valence electrons. The molecule has 29 heavy (non-hydrogen) atoms. The molecule has 3 rings (SSSR count). The minimum Gasteiger partial charge on any atom is -0.451 e. The van der Waals surface area contributed by atoms with E-state index >= 15 is 0 Å². The quantitative estimate of drug-likeness (QED) is 0.606. The maximum Gasteiger partial charge on any atom is 0.326 e. The molecule has 0 aliphatic carbocycles.